The van der Waals surface area contributed by atoms with E-state index in [1.807, 2.05) is 0 Å². The molecule has 1 atom stereocenters. The highest BCUT2D eigenvalue weighted by atomic mass is 28.2. The van der Waals surface area contributed by atoms with Gasteiger partial charge in [0, 0.05) is 6.10 Å². The third-order valence-electron chi connectivity index (χ3n) is 2.66. The van der Waals surface area contributed by atoms with Crippen LogP contribution in [0, 0.1) is 11.3 Å². The van der Waals surface area contributed by atoms with Gasteiger partial charge < -0.3 is 4.43 Å². The molecule has 0 saturated carbocycles. The molecule has 0 spiro atoms. The van der Waals surface area contributed by atoms with Crippen LogP contribution in [0.1, 0.15) is 34.6 Å². The average molecular weight is 159 g/mol. The van der Waals surface area contributed by atoms with Crippen LogP contribution < -0.4 is 0 Å². The second-order valence-electron chi connectivity index (χ2n) is 3.60. The van der Waals surface area contributed by atoms with Crippen molar-refractivity contribution < 1.29 is 4.43 Å². The summed E-state index contributed by atoms with van der Waals surface area (Å²) in [7, 11) is 0.836. The van der Waals surface area contributed by atoms with Crippen molar-refractivity contribution in [2.24, 2.45) is 5.41 Å². The molecule has 0 aliphatic heterocycles. The molecule has 0 aliphatic carbocycles. The maximum absolute atomic E-state index is 5.39. The molecule has 0 aliphatic rings. The van der Waals surface area contributed by atoms with Gasteiger partial charge in [-0.05, 0) is 18.3 Å². The summed E-state index contributed by atoms with van der Waals surface area (Å²) in [4.78, 5) is 0. The Bertz CT molecular complexity index is 99.4. The second-order valence-corrected chi connectivity index (χ2v) is 4.07. The normalized spacial score (nSPS) is 16.2. The Morgan fingerprint density at radius 2 is 1.80 bits per heavy atom. The lowest BCUT2D eigenvalue weighted by Gasteiger charge is -2.34. The van der Waals surface area contributed by atoms with Crippen LogP contribution >= 0.6 is 0 Å². The van der Waals surface area contributed by atoms with Gasteiger partial charge in [-0.1, -0.05) is 27.7 Å². The molecule has 0 N–H and O–H groups in total. The van der Waals surface area contributed by atoms with E-state index in [9.17, 15) is 0 Å². The van der Waals surface area contributed by atoms with Crippen LogP contribution in [-0.4, -0.2) is 16.6 Å². The summed E-state index contributed by atoms with van der Waals surface area (Å²) in [5, 5.41) is 0. The second kappa shape index (κ2) is 3.53. The van der Waals surface area contributed by atoms with E-state index in [1.54, 1.807) is 0 Å². The molecule has 0 bridgehead atoms. The van der Waals surface area contributed by atoms with Gasteiger partial charge in [0.2, 0.25) is 0 Å². The molecule has 0 amide bonds. The number of hydrogen-bond donors (Lipinski definition) is 0. The van der Waals surface area contributed by atoms with E-state index in [-0.39, 0.29) is 5.41 Å². The van der Waals surface area contributed by atoms with E-state index in [0.717, 1.165) is 10.5 Å². The maximum atomic E-state index is 5.39. The van der Waals surface area contributed by atoms with Gasteiger partial charge in [-0.15, -0.1) is 0 Å². The molecule has 0 aromatic rings. The van der Waals surface area contributed by atoms with Crippen LogP contribution in [0.25, 0.3) is 0 Å². The minimum absolute atomic E-state index is 0.238. The molecule has 10 heavy (non-hydrogen) atoms. The first-order valence-electron chi connectivity index (χ1n) is 3.76. The van der Waals surface area contributed by atoms with Gasteiger partial charge in [0.25, 0.3) is 0 Å². The lowest BCUT2D eigenvalue weighted by Crippen LogP contribution is -2.32. The summed E-state index contributed by atoms with van der Waals surface area (Å²) in [5.41, 5.74) is 0.238. The maximum Gasteiger partial charge on any atom is 0.146 e. The molecule has 1 unspecified atom stereocenters. The van der Waals surface area contributed by atoms with Crippen molar-refractivity contribution in [3.05, 3.63) is 5.92 Å². The lowest BCUT2D eigenvalue weighted by molar-refractivity contribution is 0.111. The summed E-state index contributed by atoms with van der Waals surface area (Å²) >= 11 is 0. The van der Waals surface area contributed by atoms with Gasteiger partial charge in [0.1, 0.15) is 10.5 Å². The summed E-state index contributed by atoms with van der Waals surface area (Å²) in [5.74, 6) is 1.44. The Morgan fingerprint density at radius 1 is 1.40 bits per heavy atom. The highest BCUT2D eigenvalue weighted by molar-refractivity contribution is 5.98. The molecule has 2 heteroatoms. The van der Waals surface area contributed by atoms with Crippen molar-refractivity contribution >= 4 is 10.5 Å². The Morgan fingerprint density at radius 3 is 1.90 bits per heavy atom. The lowest BCUT2D eigenvalue weighted by atomic mass is 9.77. The van der Waals surface area contributed by atoms with Crippen LogP contribution in [0.2, 0.25) is 0 Å². The van der Waals surface area contributed by atoms with Crippen LogP contribution in [0.3, 0.4) is 0 Å². The van der Waals surface area contributed by atoms with E-state index in [2.05, 4.69) is 34.6 Å². The molecule has 0 saturated heterocycles. The fraction of sp³-hybridized carbons (Fsp3) is 0.875. The molecular weight excluding hydrogens is 140 g/mol. The Hall–Kier alpha value is 0.177. The molecule has 0 aromatic carbocycles. The molecule has 61 valence electrons. The largest absolute Gasteiger partial charge is 0.425 e. The zero-order valence-corrected chi connectivity index (χ0v) is 9.99. The summed E-state index contributed by atoms with van der Waals surface area (Å²) in [6, 6.07) is 0. The van der Waals surface area contributed by atoms with Gasteiger partial charge in [-0.2, -0.15) is 0 Å². The first-order valence-corrected chi connectivity index (χ1v) is 4.58. The third-order valence-corrected chi connectivity index (χ3v) is 3.37. The molecular formula is C8H19OSi. The third kappa shape index (κ3) is 2.10. The van der Waals surface area contributed by atoms with Gasteiger partial charge in [0.05, 0.1) is 0 Å². The minimum Gasteiger partial charge on any atom is -0.425 e. The molecule has 0 fully saturated rings. The highest BCUT2D eigenvalue weighted by Crippen LogP contribution is 2.32. The molecule has 1 radical (unpaired) electrons. The molecule has 0 aromatic heterocycles. The van der Waals surface area contributed by atoms with E-state index < -0.39 is 0 Å². The van der Waals surface area contributed by atoms with Crippen molar-refractivity contribution in [2.75, 3.05) is 0 Å². The van der Waals surface area contributed by atoms with Crippen LogP contribution in [0.5, 0.6) is 0 Å². The Kier molecular flexibility index (Phi) is 3.60. The fourth-order valence-electron chi connectivity index (χ4n) is 0.701. The van der Waals surface area contributed by atoms with E-state index >= 15 is 0 Å². The summed E-state index contributed by atoms with van der Waals surface area (Å²) in [6.07, 6.45) is 0.365. The zero-order chi connectivity index (χ0) is 8.36. The van der Waals surface area contributed by atoms with E-state index in [4.69, 9.17) is 4.43 Å². The predicted octanol–water partition coefficient (Wildman–Crippen LogP) is 1.31. The topological polar surface area (TPSA) is 9.23 Å². The van der Waals surface area contributed by atoms with Gasteiger partial charge in [-0.25, -0.2) is 0 Å². The standard InChI is InChI=1S/C8H19OSi/c1-6(2)8(4,5)7(3)9-10/h7H,1-5,10H3. The smallest absolute Gasteiger partial charge is 0.146 e. The van der Waals surface area contributed by atoms with Gasteiger partial charge in [-0.3, -0.25) is 0 Å². The molecule has 1 nitrogen and oxygen atoms in total. The number of rotatable bonds is 3. The predicted molar refractivity (Wildman–Crippen MR) is 48.9 cm³/mol. The van der Waals surface area contributed by atoms with Crippen molar-refractivity contribution in [3.8, 4) is 0 Å². The van der Waals surface area contributed by atoms with Gasteiger partial charge >= 0.3 is 0 Å². The van der Waals surface area contributed by atoms with E-state index in [1.165, 1.54) is 5.92 Å². The van der Waals surface area contributed by atoms with Gasteiger partial charge in [0.15, 0.2) is 0 Å². The van der Waals surface area contributed by atoms with Crippen molar-refractivity contribution in [3.63, 3.8) is 0 Å². The SMILES string of the molecule is C[C](C)C(C)(C)C(C)O[SiH3]. The summed E-state index contributed by atoms with van der Waals surface area (Å²) < 4.78 is 5.39. The van der Waals surface area contributed by atoms with Crippen LogP contribution in [-0.2, 0) is 4.43 Å². The monoisotopic (exact) mass is 159 g/mol. The van der Waals surface area contributed by atoms with E-state index in [0.29, 0.717) is 6.10 Å². The van der Waals surface area contributed by atoms with Crippen molar-refractivity contribution in [1.82, 2.24) is 0 Å². The van der Waals surface area contributed by atoms with Crippen LogP contribution in [0.4, 0.5) is 0 Å². The highest BCUT2D eigenvalue weighted by Gasteiger charge is 2.28. The first-order chi connectivity index (χ1) is 4.42. The average Bonchev–Trinajstić information content (AvgIpc) is 1.86. The number of hydrogen-bond acceptors (Lipinski definition) is 1. The fourth-order valence-corrected chi connectivity index (χ4v) is 1.29. The Labute approximate surface area is 67.7 Å². The minimum atomic E-state index is 0.238. The van der Waals surface area contributed by atoms with Crippen LogP contribution in [0.15, 0.2) is 0 Å². The summed E-state index contributed by atoms with van der Waals surface area (Å²) in [6.45, 7) is 10.9. The Balaban J connectivity index is 4.09. The molecule has 0 heterocycles. The first kappa shape index (κ1) is 10.2. The van der Waals surface area contributed by atoms with Crippen molar-refractivity contribution in [2.45, 2.75) is 40.7 Å². The zero-order valence-electron chi connectivity index (χ0n) is 7.99. The quantitative estimate of drug-likeness (QED) is 0.564. The van der Waals surface area contributed by atoms with Crippen molar-refractivity contribution in [1.29, 1.82) is 0 Å². The molecule has 0 rings (SSSR count).